The average Bonchev–Trinajstić information content (AvgIpc) is 2.84. The normalized spacial score (nSPS) is 11.4. The Kier molecular flexibility index (Phi) is 10.4. The fraction of sp³-hybridized carbons (Fsp3) is 0. The summed E-state index contributed by atoms with van der Waals surface area (Å²) in [6, 6.07) is 25.2. The lowest BCUT2D eigenvalue weighted by atomic mass is 10.2. The number of allylic oxidation sites excluding steroid dienone is 1. The van der Waals surface area contributed by atoms with Crippen molar-refractivity contribution in [2.75, 3.05) is 10.6 Å². The molecule has 0 aliphatic carbocycles. The Bertz CT molecular complexity index is 1190. The molecular formula is C24H20Br2N6S2. The summed E-state index contributed by atoms with van der Waals surface area (Å²) in [5, 5.41) is 15.4. The van der Waals surface area contributed by atoms with E-state index in [1.54, 1.807) is 6.21 Å². The van der Waals surface area contributed by atoms with Crippen LogP contribution in [0.15, 0.2) is 104 Å². The molecule has 0 aliphatic rings. The summed E-state index contributed by atoms with van der Waals surface area (Å²) in [6.45, 7) is 0. The van der Waals surface area contributed by atoms with Gasteiger partial charge in [0.15, 0.2) is 10.2 Å². The van der Waals surface area contributed by atoms with E-state index in [1.165, 1.54) is 0 Å². The summed E-state index contributed by atoms with van der Waals surface area (Å²) in [4.78, 5) is 0. The molecule has 10 heteroatoms. The Hall–Kier alpha value is -2.92. The number of nitrogens with zero attached hydrogens (tertiary/aromatic N) is 2. The second-order valence-corrected chi connectivity index (χ2v) is 9.33. The van der Waals surface area contributed by atoms with Gasteiger partial charge >= 0.3 is 0 Å². The first-order valence-electron chi connectivity index (χ1n) is 9.97. The van der Waals surface area contributed by atoms with Crippen molar-refractivity contribution >= 4 is 95.9 Å². The average molecular weight is 616 g/mol. The maximum absolute atomic E-state index is 5.34. The molecule has 6 nitrogen and oxygen atoms in total. The number of rotatable bonds is 7. The fourth-order valence-electron chi connectivity index (χ4n) is 2.51. The third-order valence-corrected chi connectivity index (χ3v) is 5.54. The first-order valence-corrected chi connectivity index (χ1v) is 12.4. The molecule has 0 heterocycles. The summed E-state index contributed by atoms with van der Waals surface area (Å²) in [5.74, 6) is 0. The number of anilines is 2. The van der Waals surface area contributed by atoms with Gasteiger partial charge in [-0.25, -0.2) is 0 Å². The summed E-state index contributed by atoms with van der Waals surface area (Å²) < 4.78 is 1.97. The van der Waals surface area contributed by atoms with E-state index in [4.69, 9.17) is 24.4 Å². The molecule has 172 valence electrons. The molecule has 4 N–H and O–H groups in total. The Balaban J connectivity index is 1.63. The van der Waals surface area contributed by atoms with Gasteiger partial charge in [-0.15, -0.1) is 0 Å². The van der Waals surface area contributed by atoms with Crippen LogP contribution in [0.25, 0.3) is 6.08 Å². The quantitative estimate of drug-likeness (QED) is 0.137. The van der Waals surface area contributed by atoms with E-state index in [9.17, 15) is 0 Å². The van der Waals surface area contributed by atoms with Gasteiger partial charge in [-0.05, 0) is 84.6 Å². The van der Waals surface area contributed by atoms with Crippen LogP contribution in [0, 0.1) is 0 Å². The number of thiocarbonyl (C=S) groups is 2. The molecule has 0 fully saturated rings. The number of hydrogen-bond donors (Lipinski definition) is 4. The van der Waals surface area contributed by atoms with Crippen molar-refractivity contribution in [1.29, 1.82) is 0 Å². The van der Waals surface area contributed by atoms with Crippen LogP contribution in [0.3, 0.4) is 0 Å². The number of nitrogens with one attached hydrogen (secondary N) is 4. The predicted octanol–water partition coefficient (Wildman–Crippen LogP) is 6.54. The van der Waals surface area contributed by atoms with Crippen molar-refractivity contribution in [3.8, 4) is 0 Å². The van der Waals surface area contributed by atoms with Crippen LogP contribution in [0.1, 0.15) is 5.56 Å². The molecule has 0 amide bonds. The molecule has 0 saturated heterocycles. The zero-order valence-electron chi connectivity index (χ0n) is 17.7. The number of halogens is 2. The van der Waals surface area contributed by atoms with Gasteiger partial charge in [0.2, 0.25) is 0 Å². The third-order valence-electron chi connectivity index (χ3n) is 4.10. The second-order valence-electron chi connectivity index (χ2n) is 6.68. The van der Waals surface area contributed by atoms with Crippen molar-refractivity contribution < 1.29 is 0 Å². The summed E-state index contributed by atoms with van der Waals surface area (Å²) >= 11 is 17.5. The zero-order valence-corrected chi connectivity index (χ0v) is 22.5. The molecule has 0 atom stereocenters. The molecule has 3 aromatic rings. The Morgan fingerprint density at radius 2 is 1.24 bits per heavy atom. The highest BCUT2D eigenvalue weighted by molar-refractivity contribution is 9.10. The van der Waals surface area contributed by atoms with Crippen LogP contribution in [0.2, 0.25) is 0 Å². The lowest BCUT2D eigenvalue weighted by molar-refractivity contribution is 1.04. The van der Waals surface area contributed by atoms with E-state index in [0.29, 0.717) is 15.9 Å². The van der Waals surface area contributed by atoms with Crippen LogP contribution in [0.4, 0.5) is 11.4 Å². The lowest BCUT2D eigenvalue weighted by Crippen LogP contribution is -2.26. The summed E-state index contributed by atoms with van der Waals surface area (Å²) in [7, 11) is 0. The van der Waals surface area contributed by atoms with Gasteiger partial charge in [0, 0.05) is 20.3 Å². The molecule has 0 radical (unpaired) electrons. The minimum Gasteiger partial charge on any atom is -0.331 e. The van der Waals surface area contributed by atoms with Gasteiger partial charge in [0.05, 0.1) is 6.21 Å². The standard InChI is InChI=1S/C24H20Br2N6S2/c25-18-7-12-20(13-8-18)28-23(33)31-27-16-22(11-6-17-4-2-1-3-5-17)30-32-24(34)29-21-14-9-19(26)10-15-21/h1-16H,(H2,28,31,33)(H2,29,32,34). The zero-order chi connectivity index (χ0) is 24.2. The Labute approximate surface area is 225 Å². The Morgan fingerprint density at radius 1 is 0.706 bits per heavy atom. The fourth-order valence-corrected chi connectivity index (χ4v) is 3.37. The van der Waals surface area contributed by atoms with Gasteiger partial charge in [-0.3, -0.25) is 10.9 Å². The van der Waals surface area contributed by atoms with Gasteiger partial charge in [-0.2, -0.15) is 10.2 Å². The highest BCUT2D eigenvalue weighted by Gasteiger charge is 1.99. The van der Waals surface area contributed by atoms with Crippen molar-refractivity contribution in [1.82, 2.24) is 10.9 Å². The van der Waals surface area contributed by atoms with Crippen molar-refractivity contribution in [3.63, 3.8) is 0 Å². The van der Waals surface area contributed by atoms with Crippen LogP contribution in [0.5, 0.6) is 0 Å². The Morgan fingerprint density at radius 3 is 1.79 bits per heavy atom. The third kappa shape index (κ3) is 9.52. The number of benzene rings is 3. The van der Waals surface area contributed by atoms with E-state index < -0.39 is 0 Å². The van der Waals surface area contributed by atoms with E-state index in [0.717, 1.165) is 25.9 Å². The molecule has 0 spiro atoms. The number of hydrazone groups is 2. The van der Waals surface area contributed by atoms with Gasteiger partial charge in [0.1, 0.15) is 5.71 Å². The van der Waals surface area contributed by atoms with Gasteiger partial charge in [-0.1, -0.05) is 68.3 Å². The van der Waals surface area contributed by atoms with E-state index in [2.05, 4.69) is 63.5 Å². The maximum atomic E-state index is 5.34. The predicted molar refractivity (Wildman–Crippen MR) is 158 cm³/mol. The van der Waals surface area contributed by atoms with E-state index in [-0.39, 0.29) is 0 Å². The largest absolute Gasteiger partial charge is 0.331 e. The molecule has 0 aromatic heterocycles. The van der Waals surface area contributed by atoms with Gasteiger partial charge in [0.25, 0.3) is 0 Å². The van der Waals surface area contributed by atoms with Crippen molar-refractivity contribution in [2.24, 2.45) is 10.2 Å². The minimum atomic E-state index is 0.349. The van der Waals surface area contributed by atoms with E-state index in [1.807, 2.05) is 91.0 Å². The molecule has 0 bridgehead atoms. The topological polar surface area (TPSA) is 72.8 Å². The molecule has 3 aromatic carbocycles. The highest BCUT2D eigenvalue weighted by atomic mass is 79.9. The smallest absolute Gasteiger partial charge is 0.191 e. The molecular weight excluding hydrogens is 596 g/mol. The minimum absolute atomic E-state index is 0.349. The first-order chi connectivity index (χ1) is 16.5. The number of hydrogen-bond acceptors (Lipinski definition) is 4. The monoisotopic (exact) mass is 614 g/mol. The molecule has 0 saturated carbocycles. The molecule has 0 unspecified atom stereocenters. The maximum Gasteiger partial charge on any atom is 0.191 e. The first kappa shape index (κ1) is 25.7. The van der Waals surface area contributed by atoms with E-state index >= 15 is 0 Å². The lowest BCUT2D eigenvalue weighted by Gasteiger charge is -2.08. The van der Waals surface area contributed by atoms with Crippen LogP contribution < -0.4 is 21.5 Å². The van der Waals surface area contributed by atoms with Crippen LogP contribution >= 0.6 is 56.3 Å². The summed E-state index contributed by atoms with van der Waals surface area (Å²) in [6.07, 6.45) is 5.29. The molecule has 34 heavy (non-hydrogen) atoms. The summed E-state index contributed by atoms with van der Waals surface area (Å²) in [5.41, 5.74) is 8.88. The van der Waals surface area contributed by atoms with Crippen LogP contribution in [-0.4, -0.2) is 22.2 Å². The van der Waals surface area contributed by atoms with Crippen molar-refractivity contribution in [3.05, 3.63) is 99.4 Å². The SMILES string of the molecule is S=C(NN=CC(C=Cc1ccccc1)=NNC(=S)Nc1ccc(Br)cc1)Nc1ccc(Br)cc1. The molecule has 3 rings (SSSR count). The van der Waals surface area contributed by atoms with Crippen LogP contribution in [-0.2, 0) is 0 Å². The second kappa shape index (κ2) is 13.7. The van der Waals surface area contributed by atoms with Gasteiger partial charge < -0.3 is 10.6 Å². The highest BCUT2D eigenvalue weighted by Crippen LogP contribution is 2.14. The van der Waals surface area contributed by atoms with Crippen molar-refractivity contribution in [2.45, 2.75) is 0 Å². The molecule has 0 aliphatic heterocycles.